The summed E-state index contributed by atoms with van der Waals surface area (Å²) < 4.78 is 10.5. The minimum absolute atomic E-state index is 0.0425. The molecule has 1 heterocycles. The summed E-state index contributed by atoms with van der Waals surface area (Å²) in [6.07, 6.45) is 0.814. The van der Waals surface area contributed by atoms with E-state index in [1.54, 1.807) is 51.2 Å². The van der Waals surface area contributed by atoms with E-state index in [4.69, 9.17) is 9.47 Å². The molecule has 0 spiro atoms. The Hall–Kier alpha value is -3.22. The number of carbonyl (C=O) groups is 2. The second-order valence-electron chi connectivity index (χ2n) is 6.72. The molecule has 0 aliphatic carbocycles. The lowest BCUT2D eigenvalue weighted by atomic mass is 10.1. The standard InChI is InChI=1S/C21H25N3O4/c1-13(21(26)23-17-10-18(27-3)12-19(11-17)28-4)22-16-5-6-20-15(9-16)7-8-24(20)14(2)25/h5-6,9-13,22H,7-8H2,1-4H3,(H,23,26)/t13-/m0/s1. The van der Waals surface area contributed by atoms with E-state index in [1.807, 2.05) is 18.2 Å². The van der Waals surface area contributed by atoms with Crippen molar-refractivity contribution in [2.45, 2.75) is 26.3 Å². The molecular formula is C21H25N3O4. The zero-order valence-electron chi connectivity index (χ0n) is 16.5. The van der Waals surface area contributed by atoms with E-state index in [-0.39, 0.29) is 11.8 Å². The molecule has 0 radical (unpaired) electrons. The molecule has 148 valence electrons. The maximum Gasteiger partial charge on any atom is 0.246 e. The van der Waals surface area contributed by atoms with E-state index in [0.717, 1.165) is 23.4 Å². The van der Waals surface area contributed by atoms with Crippen LogP contribution < -0.4 is 25.0 Å². The first-order chi connectivity index (χ1) is 13.4. The average Bonchev–Trinajstić information content (AvgIpc) is 3.11. The maximum absolute atomic E-state index is 12.6. The van der Waals surface area contributed by atoms with Gasteiger partial charge in [0.2, 0.25) is 11.8 Å². The molecule has 1 atom stereocenters. The number of hydrogen-bond donors (Lipinski definition) is 2. The van der Waals surface area contributed by atoms with Gasteiger partial charge in [-0.25, -0.2) is 0 Å². The maximum atomic E-state index is 12.6. The Labute approximate surface area is 164 Å². The summed E-state index contributed by atoms with van der Waals surface area (Å²) in [7, 11) is 3.12. The Kier molecular flexibility index (Phi) is 5.73. The molecular weight excluding hydrogens is 358 g/mol. The summed E-state index contributed by atoms with van der Waals surface area (Å²) in [5.74, 6) is 1.06. The van der Waals surface area contributed by atoms with Crippen molar-refractivity contribution in [2.24, 2.45) is 0 Å². The van der Waals surface area contributed by atoms with Crippen molar-refractivity contribution < 1.29 is 19.1 Å². The van der Waals surface area contributed by atoms with Crippen molar-refractivity contribution in [1.82, 2.24) is 0 Å². The first-order valence-corrected chi connectivity index (χ1v) is 9.12. The van der Waals surface area contributed by atoms with Crippen LogP contribution in [0.15, 0.2) is 36.4 Å². The number of amides is 2. The third kappa shape index (κ3) is 4.19. The first-order valence-electron chi connectivity index (χ1n) is 9.12. The summed E-state index contributed by atoms with van der Waals surface area (Å²) in [5.41, 5.74) is 3.49. The average molecular weight is 383 g/mol. The summed E-state index contributed by atoms with van der Waals surface area (Å²) in [4.78, 5) is 26.0. The predicted molar refractivity (Wildman–Crippen MR) is 109 cm³/mol. The molecule has 7 heteroatoms. The summed E-state index contributed by atoms with van der Waals surface area (Å²) in [6, 6.07) is 10.6. The molecule has 2 amide bonds. The Balaban J connectivity index is 1.67. The van der Waals surface area contributed by atoms with Crippen LogP contribution in [-0.4, -0.2) is 38.6 Å². The lowest BCUT2D eigenvalue weighted by Crippen LogP contribution is -2.31. The Morgan fingerprint density at radius 1 is 1.04 bits per heavy atom. The molecule has 2 aromatic rings. The zero-order valence-corrected chi connectivity index (χ0v) is 16.5. The van der Waals surface area contributed by atoms with Crippen LogP contribution in [0.3, 0.4) is 0 Å². The van der Waals surface area contributed by atoms with E-state index in [9.17, 15) is 9.59 Å². The van der Waals surface area contributed by atoms with Crippen LogP contribution in [0.2, 0.25) is 0 Å². The van der Waals surface area contributed by atoms with E-state index in [1.165, 1.54) is 0 Å². The highest BCUT2D eigenvalue weighted by Gasteiger charge is 2.22. The first kappa shape index (κ1) is 19.5. The molecule has 0 aromatic heterocycles. The molecule has 3 rings (SSSR count). The van der Waals surface area contributed by atoms with Crippen molar-refractivity contribution in [1.29, 1.82) is 0 Å². The molecule has 2 N–H and O–H groups in total. The van der Waals surface area contributed by atoms with Gasteiger partial charge in [-0.1, -0.05) is 0 Å². The SMILES string of the molecule is COc1cc(NC(=O)[C@H](C)Nc2ccc3c(c2)CCN3C(C)=O)cc(OC)c1. The number of benzene rings is 2. The van der Waals surface area contributed by atoms with Gasteiger partial charge in [0.1, 0.15) is 17.5 Å². The Morgan fingerprint density at radius 3 is 2.32 bits per heavy atom. The fourth-order valence-corrected chi connectivity index (χ4v) is 3.26. The zero-order chi connectivity index (χ0) is 20.3. The van der Waals surface area contributed by atoms with Crippen LogP contribution in [-0.2, 0) is 16.0 Å². The molecule has 0 saturated carbocycles. The molecule has 1 aliphatic rings. The molecule has 0 fully saturated rings. The Bertz CT molecular complexity index is 875. The molecule has 0 bridgehead atoms. The van der Waals surface area contributed by atoms with Crippen LogP contribution in [0.1, 0.15) is 19.4 Å². The van der Waals surface area contributed by atoms with Gasteiger partial charge in [0.05, 0.1) is 14.2 Å². The van der Waals surface area contributed by atoms with Crippen molar-refractivity contribution in [2.75, 3.05) is 36.3 Å². The predicted octanol–water partition coefficient (Wildman–Crippen LogP) is 3.05. The third-order valence-corrected chi connectivity index (χ3v) is 4.75. The van der Waals surface area contributed by atoms with E-state index < -0.39 is 6.04 Å². The van der Waals surface area contributed by atoms with Gasteiger partial charge in [-0.05, 0) is 37.1 Å². The molecule has 7 nitrogen and oxygen atoms in total. The summed E-state index contributed by atoms with van der Waals surface area (Å²) in [5, 5.41) is 6.09. The van der Waals surface area contributed by atoms with Crippen LogP contribution in [0.4, 0.5) is 17.1 Å². The van der Waals surface area contributed by atoms with Crippen molar-refractivity contribution in [3.63, 3.8) is 0 Å². The Morgan fingerprint density at radius 2 is 1.71 bits per heavy atom. The number of hydrogen-bond acceptors (Lipinski definition) is 5. The van der Waals surface area contributed by atoms with Crippen molar-refractivity contribution in [3.05, 3.63) is 42.0 Å². The van der Waals surface area contributed by atoms with Gasteiger partial charge in [-0.3, -0.25) is 9.59 Å². The molecule has 1 aliphatic heterocycles. The third-order valence-electron chi connectivity index (χ3n) is 4.75. The van der Waals surface area contributed by atoms with Crippen LogP contribution in [0, 0.1) is 0 Å². The lowest BCUT2D eigenvalue weighted by molar-refractivity contribution is -0.117. The summed E-state index contributed by atoms with van der Waals surface area (Å²) in [6.45, 7) is 4.06. The van der Waals surface area contributed by atoms with Crippen LogP contribution in [0.25, 0.3) is 0 Å². The van der Waals surface area contributed by atoms with Crippen molar-refractivity contribution in [3.8, 4) is 11.5 Å². The highest BCUT2D eigenvalue weighted by molar-refractivity contribution is 5.97. The number of nitrogens with zero attached hydrogens (tertiary/aromatic N) is 1. The fraction of sp³-hybridized carbons (Fsp3) is 0.333. The largest absolute Gasteiger partial charge is 0.497 e. The monoisotopic (exact) mass is 383 g/mol. The van der Waals surface area contributed by atoms with E-state index in [2.05, 4.69) is 10.6 Å². The normalized spacial score (nSPS) is 13.5. The van der Waals surface area contributed by atoms with Crippen LogP contribution >= 0.6 is 0 Å². The number of anilines is 3. The highest BCUT2D eigenvalue weighted by Crippen LogP contribution is 2.31. The second kappa shape index (κ2) is 8.21. The lowest BCUT2D eigenvalue weighted by Gasteiger charge is -2.18. The van der Waals surface area contributed by atoms with Crippen LogP contribution in [0.5, 0.6) is 11.5 Å². The number of carbonyl (C=O) groups excluding carboxylic acids is 2. The van der Waals surface area contributed by atoms with Gasteiger partial charge in [0.15, 0.2) is 0 Å². The minimum atomic E-state index is -0.458. The number of methoxy groups -OCH3 is 2. The topological polar surface area (TPSA) is 79.9 Å². The molecule has 2 aromatic carbocycles. The number of rotatable bonds is 6. The number of fused-ring (bicyclic) bond motifs is 1. The van der Waals surface area contributed by atoms with E-state index >= 15 is 0 Å². The molecule has 0 saturated heterocycles. The minimum Gasteiger partial charge on any atom is -0.497 e. The highest BCUT2D eigenvalue weighted by atomic mass is 16.5. The van der Waals surface area contributed by atoms with Crippen molar-refractivity contribution >= 4 is 28.9 Å². The second-order valence-corrected chi connectivity index (χ2v) is 6.72. The number of nitrogens with one attached hydrogen (secondary N) is 2. The van der Waals surface area contributed by atoms with Gasteiger partial charge >= 0.3 is 0 Å². The van der Waals surface area contributed by atoms with E-state index in [0.29, 0.717) is 23.7 Å². The smallest absolute Gasteiger partial charge is 0.246 e. The van der Waals surface area contributed by atoms with Gasteiger partial charge in [0, 0.05) is 48.7 Å². The van der Waals surface area contributed by atoms with Gasteiger partial charge in [-0.15, -0.1) is 0 Å². The van der Waals surface area contributed by atoms with Gasteiger partial charge < -0.3 is 25.0 Å². The fourth-order valence-electron chi connectivity index (χ4n) is 3.26. The number of ether oxygens (including phenoxy) is 2. The summed E-state index contributed by atoms with van der Waals surface area (Å²) >= 11 is 0. The molecule has 28 heavy (non-hydrogen) atoms. The van der Waals surface area contributed by atoms with Gasteiger partial charge in [-0.2, -0.15) is 0 Å². The molecule has 0 unspecified atom stereocenters. The van der Waals surface area contributed by atoms with Gasteiger partial charge in [0.25, 0.3) is 0 Å². The quantitative estimate of drug-likeness (QED) is 0.801.